The van der Waals surface area contributed by atoms with Crippen LogP contribution in [0.2, 0.25) is 0 Å². The van der Waals surface area contributed by atoms with E-state index in [4.69, 9.17) is 5.73 Å². The van der Waals surface area contributed by atoms with Crippen LogP contribution in [0.5, 0.6) is 0 Å². The molecule has 0 aliphatic rings. The van der Waals surface area contributed by atoms with E-state index < -0.39 is 0 Å². The van der Waals surface area contributed by atoms with Crippen molar-refractivity contribution in [3.05, 3.63) is 40.7 Å². The molecule has 0 fully saturated rings. The van der Waals surface area contributed by atoms with Crippen LogP contribution in [0.25, 0.3) is 11.1 Å². The monoisotopic (exact) mass is 229 g/mol. The second-order valence-electron chi connectivity index (χ2n) is 4.55. The van der Waals surface area contributed by atoms with Crippen LogP contribution in [-0.4, -0.2) is 9.78 Å². The van der Waals surface area contributed by atoms with Gasteiger partial charge in [-0.05, 0) is 43.0 Å². The van der Waals surface area contributed by atoms with E-state index in [0.717, 1.165) is 11.3 Å². The molecule has 0 bridgehead atoms. The van der Waals surface area contributed by atoms with Crippen LogP contribution in [0.4, 0.5) is 0 Å². The Balaban J connectivity index is 2.64. The molecular weight excluding hydrogens is 210 g/mol. The third-order valence-corrected chi connectivity index (χ3v) is 3.45. The third-order valence-electron chi connectivity index (χ3n) is 3.45. The molecular formula is C14H19N3. The molecule has 0 radical (unpaired) electrons. The lowest BCUT2D eigenvalue weighted by Crippen LogP contribution is -2.00. The van der Waals surface area contributed by atoms with Gasteiger partial charge >= 0.3 is 0 Å². The molecule has 0 unspecified atom stereocenters. The molecule has 1 aromatic heterocycles. The van der Waals surface area contributed by atoms with Gasteiger partial charge in [-0.15, -0.1) is 0 Å². The van der Waals surface area contributed by atoms with E-state index in [1.54, 1.807) is 0 Å². The van der Waals surface area contributed by atoms with Gasteiger partial charge in [0.2, 0.25) is 0 Å². The average Bonchev–Trinajstić information content (AvgIpc) is 2.67. The molecule has 2 N–H and O–H groups in total. The zero-order valence-electron chi connectivity index (χ0n) is 10.9. The summed E-state index contributed by atoms with van der Waals surface area (Å²) in [4.78, 5) is 0. The van der Waals surface area contributed by atoms with E-state index in [0.29, 0.717) is 6.54 Å². The van der Waals surface area contributed by atoms with Crippen LogP contribution in [0.1, 0.15) is 22.4 Å². The van der Waals surface area contributed by atoms with E-state index >= 15 is 0 Å². The van der Waals surface area contributed by atoms with Crippen LogP contribution in [0, 0.1) is 20.8 Å². The molecule has 0 spiro atoms. The Labute approximate surface area is 102 Å². The smallest absolute Gasteiger partial charge is 0.0838 e. The minimum Gasteiger partial charge on any atom is -0.325 e. The average molecular weight is 229 g/mol. The van der Waals surface area contributed by atoms with Gasteiger partial charge in [0.15, 0.2) is 0 Å². The molecule has 17 heavy (non-hydrogen) atoms. The molecule has 3 heteroatoms. The minimum absolute atomic E-state index is 0.475. The van der Waals surface area contributed by atoms with Crippen LogP contribution in [-0.2, 0) is 13.6 Å². The number of benzene rings is 1. The number of nitrogens with zero attached hydrogens (tertiary/aromatic N) is 2. The highest BCUT2D eigenvalue weighted by molar-refractivity contribution is 5.70. The fraction of sp³-hybridized carbons (Fsp3) is 0.357. The van der Waals surface area contributed by atoms with Gasteiger partial charge in [-0.25, -0.2) is 0 Å². The number of aryl methyl sites for hydroxylation is 2. The van der Waals surface area contributed by atoms with Gasteiger partial charge in [0.1, 0.15) is 0 Å². The zero-order chi connectivity index (χ0) is 12.6. The standard InChI is InChI=1S/C14H19N3/c1-9-5-6-12(11(3)10(9)2)13-8-17(4)16-14(13)7-15/h5-6,8H,7,15H2,1-4H3. The van der Waals surface area contributed by atoms with Crippen molar-refractivity contribution in [2.24, 2.45) is 12.8 Å². The minimum atomic E-state index is 0.475. The molecule has 0 saturated carbocycles. The second-order valence-corrected chi connectivity index (χ2v) is 4.55. The molecule has 0 aliphatic heterocycles. The first-order valence-corrected chi connectivity index (χ1v) is 5.84. The molecule has 0 atom stereocenters. The normalized spacial score (nSPS) is 10.9. The Morgan fingerprint density at radius 3 is 2.47 bits per heavy atom. The molecule has 0 aliphatic carbocycles. The number of rotatable bonds is 2. The predicted octanol–water partition coefficient (Wildman–Crippen LogP) is 2.47. The second kappa shape index (κ2) is 4.34. The van der Waals surface area contributed by atoms with Gasteiger partial charge in [-0.2, -0.15) is 5.10 Å². The SMILES string of the molecule is Cc1ccc(-c2cn(C)nc2CN)c(C)c1C. The van der Waals surface area contributed by atoms with Crippen molar-refractivity contribution < 1.29 is 0 Å². The maximum atomic E-state index is 5.74. The van der Waals surface area contributed by atoms with Crippen LogP contribution in [0.15, 0.2) is 18.3 Å². The lowest BCUT2D eigenvalue weighted by molar-refractivity contribution is 0.742. The van der Waals surface area contributed by atoms with Gasteiger partial charge in [0, 0.05) is 25.4 Å². The lowest BCUT2D eigenvalue weighted by Gasteiger charge is -2.10. The number of hydrogen-bond donors (Lipinski definition) is 1. The van der Waals surface area contributed by atoms with Gasteiger partial charge < -0.3 is 5.73 Å². The highest BCUT2D eigenvalue weighted by Crippen LogP contribution is 2.29. The Bertz CT molecular complexity index is 553. The van der Waals surface area contributed by atoms with Crippen molar-refractivity contribution in [3.63, 3.8) is 0 Å². The quantitative estimate of drug-likeness (QED) is 0.859. The molecule has 2 rings (SSSR count). The topological polar surface area (TPSA) is 43.8 Å². The van der Waals surface area contributed by atoms with E-state index in [9.17, 15) is 0 Å². The summed E-state index contributed by atoms with van der Waals surface area (Å²) in [5.74, 6) is 0. The van der Waals surface area contributed by atoms with Crippen molar-refractivity contribution in [1.82, 2.24) is 9.78 Å². The number of aromatic nitrogens is 2. The highest BCUT2D eigenvalue weighted by Gasteiger charge is 2.12. The summed E-state index contributed by atoms with van der Waals surface area (Å²) < 4.78 is 1.83. The maximum absolute atomic E-state index is 5.74. The first-order chi connectivity index (χ1) is 8.04. The number of nitrogens with two attached hydrogens (primary N) is 1. The molecule has 1 heterocycles. The zero-order valence-corrected chi connectivity index (χ0v) is 10.9. The molecule has 3 nitrogen and oxygen atoms in total. The summed E-state index contributed by atoms with van der Waals surface area (Å²) in [6, 6.07) is 4.32. The van der Waals surface area contributed by atoms with E-state index in [1.807, 2.05) is 17.9 Å². The Morgan fingerprint density at radius 2 is 1.82 bits per heavy atom. The molecule has 2 aromatic rings. The summed E-state index contributed by atoms with van der Waals surface area (Å²) in [5.41, 5.74) is 13.1. The van der Waals surface area contributed by atoms with Crippen molar-refractivity contribution in [3.8, 4) is 11.1 Å². The fourth-order valence-electron chi connectivity index (χ4n) is 2.16. The molecule has 0 saturated heterocycles. The molecule has 0 amide bonds. The van der Waals surface area contributed by atoms with Gasteiger partial charge in [0.05, 0.1) is 5.69 Å². The van der Waals surface area contributed by atoms with Crippen LogP contribution in [0.3, 0.4) is 0 Å². The third kappa shape index (κ3) is 1.98. The summed E-state index contributed by atoms with van der Waals surface area (Å²) in [6.07, 6.45) is 2.04. The summed E-state index contributed by atoms with van der Waals surface area (Å²) >= 11 is 0. The first-order valence-electron chi connectivity index (χ1n) is 5.84. The molecule has 1 aromatic carbocycles. The number of hydrogen-bond acceptors (Lipinski definition) is 2. The largest absolute Gasteiger partial charge is 0.325 e. The van der Waals surface area contributed by atoms with Crippen LogP contribution >= 0.6 is 0 Å². The van der Waals surface area contributed by atoms with Gasteiger partial charge in [-0.1, -0.05) is 12.1 Å². The van der Waals surface area contributed by atoms with E-state index in [1.165, 1.54) is 22.3 Å². The maximum Gasteiger partial charge on any atom is 0.0838 e. The summed E-state index contributed by atoms with van der Waals surface area (Å²) in [6.45, 7) is 6.93. The predicted molar refractivity (Wildman–Crippen MR) is 70.7 cm³/mol. The van der Waals surface area contributed by atoms with E-state index in [-0.39, 0.29) is 0 Å². The Kier molecular flexibility index (Phi) is 3.03. The van der Waals surface area contributed by atoms with E-state index in [2.05, 4.69) is 38.0 Å². The highest BCUT2D eigenvalue weighted by atomic mass is 15.3. The van der Waals surface area contributed by atoms with Crippen molar-refractivity contribution >= 4 is 0 Å². The Morgan fingerprint density at radius 1 is 1.12 bits per heavy atom. The van der Waals surface area contributed by atoms with Crippen molar-refractivity contribution in [1.29, 1.82) is 0 Å². The summed E-state index contributed by atoms with van der Waals surface area (Å²) in [5, 5.41) is 4.39. The van der Waals surface area contributed by atoms with Crippen LogP contribution < -0.4 is 5.73 Å². The first kappa shape index (κ1) is 11.9. The van der Waals surface area contributed by atoms with Crippen molar-refractivity contribution in [2.45, 2.75) is 27.3 Å². The fourth-order valence-corrected chi connectivity index (χ4v) is 2.16. The lowest BCUT2D eigenvalue weighted by atomic mass is 9.94. The van der Waals surface area contributed by atoms with Crippen molar-refractivity contribution in [2.75, 3.05) is 0 Å². The molecule has 90 valence electrons. The Hall–Kier alpha value is -1.61. The van der Waals surface area contributed by atoms with Gasteiger partial charge in [-0.3, -0.25) is 4.68 Å². The van der Waals surface area contributed by atoms with Gasteiger partial charge in [0.25, 0.3) is 0 Å². The summed E-state index contributed by atoms with van der Waals surface area (Å²) in [7, 11) is 1.93.